The lowest BCUT2D eigenvalue weighted by molar-refractivity contribution is 0.0664. The zero-order chi connectivity index (χ0) is 23.8. The molecule has 0 unspecified atom stereocenters. The summed E-state index contributed by atoms with van der Waals surface area (Å²) >= 11 is 5.30. The summed E-state index contributed by atoms with van der Waals surface area (Å²) in [5.74, 6) is 0.993. The number of hydrogen-bond acceptors (Lipinski definition) is 5. The minimum absolute atomic E-state index is 0.00240. The molecule has 1 heterocycles. The zero-order valence-electron chi connectivity index (χ0n) is 19.5. The second kappa shape index (κ2) is 11.8. The molecule has 33 heavy (non-hydrogen) atoms. The second-order valence-electron chi connectivity index (χ2n) is 8.64. The molecule has 0 bridgehead atoms. The van der Waals surface area contributed by atoms with Gasteiger partial charge in [0.15, 0.2) is 5.11 Å². The van der Waals surface area contributed by atoms with Crippen molar-refractivity contribution in [1.29, 1.82) is 0 Å². The minimum Gasteiger partial charge on any atom is -0.494 e. The molecule has 0 radical (unpaired) electrons. The molecule has 2 amide bonds. The Morgan fingerprint density at radius 2 is 1.73 bits per heavy atom. The zero-order valence-corrected chi connectivity index (χ0v) is 20.3. The molecule has 0 atom stereocenters. The summed E-state index contributed by atoms with van der Waals surface area (Å²) in [5, 5.41) is 5.84. The summed E-state index contributed by atoms with van der Waals surface area (Å²) in [6.07, 6.45) is 0.977. The molecule has 2 aromatic rings. The predicted molar refractivity (Wildman–Crippen MR) is 135 cm³/mol. The van der Waals surface area contributed by atoms with Crippen LogP contribution < -0.4 is 15.4 Å². The largest absolute Gasteiger partial charge is 0.494 e. The van der Waals surface area contributed by atoms with E-state index in [2.05, 4.69) is 36.4 Å². The Labute approximate surface area is 201 Å². The first kappa shape index (κ1) is 24.7. The first-order valence-electron chi connectivity index (χ1n) is 11.2. The van der Waals surface area contributed by atoms with E-state index in [9.17, 15) is 9.59 Å². The van der Waals surface area contributed by atoms with Gasteiger partial charge in [0.2, 0.25) is 0 Å². The normalized spacial score (nSPS) is 14.1. The fourth-order valence-electron chi connectivity index (χ4n) is 3.37. The Bertz CT molecular complexity index is 970. The van der Waals surface area contributed by atoms with Gasteiger partial charge in [-0.05, 0) is 74.1 Å². The van der Waals surface area contributed by atoms with Crippen molar-refractivity contribution in [1.82, 2.24) is 15.1 Å². The van der Waals surface area contributed by atoms with Crippen LogP contribution in [0.2, 0.25) is 0 Å². The highest BCUT2D eigenvalue weighted by Crippen LogP contribution is 2.15. The fraction of sp³-hybridized carbons (Fsp3) is 0.400. The highest BCUT2D eigenvalue weighted by atomic mass is 32.1. The van der Waals surface area contributed by atoms with Crippen molar-refractivity contribution in [2.45, 2.75) is 20.3 Å². The third-order valence-corrected chi connectivity index (χ3v) is 5.67. The third-order valence-electron chi connectivity index (χ3n) is 5.47. The predicted octanol–water partition coefficient (Wildman–Crippen LogP) is 3.63. The topological polar surface area (TPSA) is 73.9 Å². The number of hydrogen-bond donors (Lipinski definition) is 2. The van der Waals surface area contributed by atoms with Crippen molar-refractivity contribution in [2.75, 3.05) is 45.2 Å². The van der Waals surface area contributed by atoms with Gasteiger partial charge >= 0.3 is 0 Å². The van der Waals surface area contributed by atoms with Crippen LogP contribution in [0.4, 0.5) is 5.69 Å². The molecule has 3 rings (SSSR count). The lowest BCUT2D eigenvalue weighted by Gasteiger charge is -2.32. The van der Waals surface area contributed by atoms with Crippen LogP contribution in [-0.2, 0) is 0 Å². The maximum absolute atomic E-state index is 12.8. The molecular weight excluding hydrogens is 436 g/mol. The highest BCUT2D eigenvalue weighted by molar-refractivity contribution is 7.80. The van der Waals surface area contributed by atoms with Crippen LogP contribution >= 0.6 is 12.2 Å². The maximum atomic E-state index is 12.8. The SMILES string of the molecule is CC(C)CCOc1ccc(C(=O)NC(=S)Nc2cccc(C(=O)N3CCN(C)CC3)c2)cc1. The molecule has 1 aliphatic rings. The van der Waals surface area contributed by atoms with Crippen molar-refractivity contribution in [3.63, 3.8) is 0 Å². The van der Waals surface area contributed by atoms with E-state index in [0.717, 1.165) is 25.3 Å². The Hall–Kier alpha value is -2.97. The first-order chi connectivity index (χ1) is 15.8. The van der Waals surface area contributed by atoms with Gasteiger partial charge in [0.25, 0.3) is 11.8 Å². The summed E-state index contributed by atoms with van der Waals surface area (Å²) in [6.45, 7) is 8.10. The summed E-state index contributed by atoms with van der Waals surface area (Å²) in [6, 6.07) is 14.1. The number of carbonyl (C=O) groups is 2. The van der Waals surface area contributed by atoms with Gasteiger partial charge in [-0.2, -0.15) is 0 Å². The molecule has 2 aromatic carbocycles. The molecule has 1 fully saturated rings. The van der Waals surface area contributed by atoms with E-state index >= 15 is 0 Å². The number of benzene rings is 2. The molecule has 7 nitrogen and oxygen atoms in total. The van der Waals surface area contributed by atoms with Crippen LogP contribution in [0.3, 0.4) is 0 Å². The monoisotopic (exact) mass is 468 g/mol. The van der Waals surface area contributed by atoms with E-state index in [1.54, 1.807) is 42.5 Å². The van der Waals surface area contributed by atoms with Crippen molar-refractivity contribution in [3.05, 3.63) is 59.7 Å². The van der Waals surface area contributed by atoms with Gasteiger partial charge in [0, 0.05) is 43.0 Å². The van der Waals surface area contributed by atoms with E-state index in [0.29, 0.717) is 42.4 Å². The van der Waals surface area contributed by atoms with Gasteiger partial charge in [-0.25, -0.2) is 0 Å². The molecule has 1 aliphatic heterocycles. The van der Waals surface area contributed by atoms with E-state index in [-0.39, 0.29) is 16.9 Å². The number of nitrogens with zero attached hydrogens (tertiary/aromatic N) is 2. The van der Waals surface area contributed by atoms with Crippen LogP contribution in [0.15, 0.2) is 48.5 Å². The Balaban J connectivity index is 1.52. The lowest BCUT2D eigenvalue weighted by atomic mass is 10.1. The molecular formula is C25H32N4O3S. The average Bonchev–Trinajstić information content (AvgIpc) is 2.79. The summed E-state index contributed by atoms with van der Waals surface area (Å²) in [7, 11) is 2.05. The number of carbonyl (C=O) groups excluding carboxylic acids is 2. The molecule has 0 spiro atoms. The third kappa shape index (κ3) is 7.54. The number of anilines is 1. The number of piperazine rings is 1. The van der Waals surface area contributed by atoms with Crippen LogP contribution in [-0.4, -0.2) is 66.6 Å². The first-order valence-corrected chi connectivity index (χ1v) is 11.7. The standard InChI is InChI=1S/C25H32N4O3S/c1-18(2)11-16-32-22-9-7-19(8-10-22)23(30)27-25(33)26-21-6-4-5-20(17-21)24(31)29-14-12-28(3)13-15-29/h4-10,17-18H,11-16H2,1-3H3,(H2,26,27,30,33). The van der Waals surface area contributed by atoms with Crippen LogP contribution in [0.1, 0.15) is 41.0 Å². The number of thiocarbonyl (C=S) groups is 1. The van der Waals surface area contributed by atoms with Gasteiger partial charge in [-0.1, -0.05) is 19.9 Å². The molecule has 176 valence electrons. The maximum Gasteiger partial charge on any atom is 0.257 e. The smallest absolute Gasteiger partial charge is 0.257 e. The molecule has 2 N–H and O–H groups in total. The van der Waals surface area contributed by atoms with Crippen molar-refractivity contribution < 1.29 is 14.3 Å². The van der Waals surface area contributed by atoms with Crippen LogP contribution in [0.25, 0.3) is 0 Å². The van der Waals surface area contributed by atoms with Gasteiger partial charge in [-0.15, -0.1) is 0 Å². The molecule has 0 saturated carbocycles. The molecule has 0 aliphatic carbocycles. The van der Waals surface area contributed by atoms with E-state index in [4.69, 9.17) is 17.0 Å². The van der Waals surface area contributed by atoms with Gasteiger partial charge < -0.3 is 19.9 Å². The van der Waals surface area contributed by atoms with Crippen molar-refractivity contribution in [2.24, 2.45) is 5.92 Å². The number of rotatable bonds is 7. The van der Waals surface area contributed by atoms with E-state index in [1.807, 2.05) is 11.0 Å². The summed E-state index contributed by atoms with van der Waals surface area (Å²) in [4.78, 5) is 29.4. The number of nitrogens with one attached hydrogen (secondary N) is 2. The molecule has 0 aromatic heterocycles. The molecule has 8 heteroatoms. The Kier molecular flexibility index (Phi) is 8.79. The number of amides is 2. The van der Waals surface area contributed by atoms with Crippen molar-refractivity contribution in [3.8, 4) is 5.75 Å². The minimum atomic E-state index is -0.314. The van der Waals surface area contributed by atoms with Gasteiger partial charge in [0.1, 0.15) is 5.75 Å². The van der Waals surface area contributed by atoms with Gasteiger partial charge in [0.05, 0.1) is 6.61 Å². The van der Waals surface area contributed by atoms with E-state index in [1.165, 1.54) is 0 Å². The van der Waals surface area contributed by atoms with Crippen LogP contribution in [0.5, 0.6) is 5.75 Å². The number of ether oxygens (including phenoxy) is 1. The lowest BCUT2D eigenvalue weighted by Crippen LogP contribution is -2.47. The van der Waals surface area contributed by atoms with Gasteiger partial charge in [-0.3, -0.25) is 14.9 Å². The second-order valence-corrected chi connectivity index (χ2v) is 9.05. The number of likely N-dealkylation sites (N-methyl/N-ethyl adjacent to an activating group) is 1. The van der Waals surface area contributed by atoms with Crippen molar-refractivity contribution >= 4 is 34.8 Å². The highest BCUT2D eigenvalue weighted by Gasteiger charge is 2.20. The molecule has 1 saturated heterocycles. The summed E-state index contributed by atoms with van der Waals surface area (Å²) in [5.41, 5.74) is 1.72. The fourth-order valence-corrected chi connectivity index (χ4v) is 3.59. The average molecular weight is 469 g/mol. The Morgan fingerprint density at radius 1 is 1.03 bits per heavy atom. The van der Waals surface area contributed by atoms with E-state index < -0.39 is 0 Å². The Morgan fingerprint density at radius 3 is 2.39 bits per heavy atom. The summed E-state index contributed by atoms with van der Waals surface area (Å²) < 4.78 is 5.69. The quantitative estimate of drug-likeness (QED) is 0.605. The van der Waals surface area contributed by atoms with Crippen LogP contribution in [0, 0.1) is 5.92 Å².